The van der Waals surface area contributed by atoms with Gasteiger partial charge in [-0.2, -0.15) is 0 Å². The molecule has 0 aliphatic carbocycles. The zero-order chi connectivity index (χ0) is 20.9. The van der Waals surface area contributed by atoms with Gasteiger partial charge in [-0.1, -0.05) is 0 Å². The van der Waals surface area contributed by atoms with E-state index in [1.807, 2.05) is 28.8 Å². The molecule has 9 heteroatoms. The van der Waals surface area contributed by atoms with Gasteiger partial charge in [0, 0.05) is 30.7 Å². The summed E-state index contributed by atoms with van der Waals surface area (Å²) in [6.07, 6.45) is 5.77. The predicted molar refractivity (Wildman–Crippen MR) is 119 cm³/mol. The first-order chi connectivity index (χ1) is 15.2. The summed E-state index contributed by atoms with van der Waals surface area (Å²) in [6.45, 7) is 1.84. The molecule has 5 aromatic rings. The molecule has 0 radical (unpaired) electrons. The van der Waals surface area contributed by atoms with E-state index in [9.17, 15) is 4.39 Å². The van der Waals surface area contributed by atoms with Gasteiger partial charge >= 0.3 is 147 Å². The third-order valence-corrected chi connectivity index (χ3v) is 7.02. The number of H-pyrrole nitrogens is 1. The van der Waals surface area contributed by atoms with Gasteiger partial charge in [-0.05, 0) is 5.56 Å². The Labute approximate surface area is 192 Å². The van der Waals surface area contributed by atoms with Gasteiger partial charge in [-0.25, -0.2) is 0 Å². The predicted octanol–water partition coefficient (Wildman–Crippen LogP) is 2.59. The van der Waals surface area contributed by atoms with Crippen LogP contribution in [0.3, 0.4) is 0 Å². The minimum absolute atomic E-state index is 0.220. The standard InChI is InChI=1S/C22H17FN7.Tl/c23-16-11-26-22(29-21(16)19-12-25-20-3-1-2-8-30(19)20)27-13-4-5-17-14(9-13)15-10-24-7-6-18(15)28-17;/h2-5,8-9,11-12,24,28H,6-7,10H2,(H,26,27,29);. The molecule has 0 fully saturated rings. The number of halogens is 1. The zero-order valence-electron chi connectivity index (χ0n) is 16.5. The van der Waals surface area contributed by atoms with E-state index in [0.29, 0.717) is 11.6 Å². The van der Waals surface area contributed by atoms with Gasteiger partial charge in [0.2, 0.25) is 0 Å². The SMILES string of the molecule is Fc1cnc(Nc2ccc3[nH]c4c(c3c2)CNCC4)nc1-c1cnc2c[c]([Tl])ccn12. The maximum atomic E-state index is 14.6. The maximum absolute atomic E-state index is 14.6. The molecule has 4 aromatic heterocycles. The van der Waals surface area contributed by atoms with Gasteiger partial charge in [-0.15, -0.1) is 0 Å². The first kappa shape index (κ1) is 18.9. The fourth-order valence-corrected chi connectivity index (χ4v) is 5.05. The van der Waals surface area contributed by atoms with E-state index < -0.39 is 5.82 Å². The quantitative estimate of drug-likeness (QED) is 0.277. The summed E-state index contributed by atoms with van der Waals surface area (Å²) in [5.41, 5.74) is 6.18. The van der Waals surface area contributed by atoms with Gasteiger partial charge in [0.15, 0.2) is 0 Å². The molecule has 0 saturated heterocycles. The minimum atomic E-state index is -0.481. The van der Waals surface area contributed by atoms with Crippen molar-refractivity contribution in [1.29, 1.82) is 0 Å². The summed E-state index contributed by atoms with van der Waals surface area (Å²) >= 11 is 0.723. The van der Waals surface area contributed by atoms with E-state index in [0.717, 1.165) is 62.1 Å². The molecule has 1 aliphatic heterocycles. The Morgan fingerprint density at radius 3 is 3.00 bits per heavy atom. The van der Waals surface area contributed by atoms with Crippen molar-refractivity contribution < 1.29 is 4.39 Å². The summed E-state index contributed by atoms with van der Waals surface area (Å²) in [5, 5.41) is 7.83. The Hall–Kier alpha value is -2.86. The topological polar surface area (TPSA) is 82.9 Å². The Bertz CT molecular complexity index is 1460. The Morgan fingerprint density at radius 1 is 1.13 bits per heavy atom. The Kier molecular flexibility index (Phi) is 4.49. The Balaban J connectivity index is 1.38. The van der Waals surface area contributed by atoms with Crippen LogP contribution in [-0.2, 0) is 13.0 Å². The van der Waals surface area contributed by atoms with E-state index >= 15 is 0 Å². The number of fused-ring (bicyclic) bond motifs is 4. The van der Waals surface area contributed by atoms with Crippen LogP contribution in [0.5, 0.6) is 0 Å². The fraction of sp³-hybridized carbons (Fsp3) is 0.136. The van der Waals surface area contributed by atoms with Gasteiger partial charge in [0.05, 0.1) is 0 Å². The summed E-state index contributed by atoms with van der Waals surface area (Å²) in [4.78, 5) is 16.5. The number of hydrogen-bond donors (Lipinski definition) is 3. The van der Waals surface area contributed by atoms with E-state index in [1.54, 1.807) is 6.20 Å². The van der Waals surface area contributed by atoms with Crippen LogP contribution in [0.1, 0.15) is 11.3 Å². The molecular formula is C22H17FN7Tl. The molecule has 7 nitrogen and oxygen atoms in total. The Morgan fingerprint density at radius 2 is 2.06 bits per heavy atom. The number of aromatic amines is 1. The number of aromatic nitrogens is 5. The number of pyridine rings is 1. The molecule has 31 heavy (non-hydrogen) atoms. The molecule has 0 atom stereocenters. The molecule has 3 N–H and O–H groups in total. The van der Waals surface area contributed by atoms with Crippen LogP contribution in [0.4, 0.5) is 16.0 Å². The summed E-state index contributed by atoms with van der Waals surface area (Å²) in [5.74, 6) is -0.139. The van der Waals surface area contributed by atoms with Crippen LogP contribution < -0.4 is 13.8 Å². The number of nitrogens with zero attached hydrogens (tertiary/aromatic N) is 4. The molecule has 0 bridgehead atoms. The molecule has 150 valence electrons. The molecule has 0 amide bonds. The van der Waals surface area contributed by atoms with Crippen molar-refractivity contribution in [1.82, 2.24) is 29.7 Å². The molecule has 1 aliphatic rings. The second-order valence-electron chi connectivity index (χ2n) is 7.62. The fourth-order valence-electron chi connectivity index (χ4n) is 4.13. The van der Waals surface area contributed by atoms with Crippen LogP contribution in [0.15, 0.2) is 48.9 Å². The van der Waals surface area contributed by atoms with Gasteiger partial charge in [0.1, 0.15) is 0 Å². The van der Waals surface area contributed by atoms with Gasteiger partial charge in [-0.3, -0.25) is 0 Å². The number of benzene rings is 1. The van der Waals surface area contributed by atoms with Crippen LogP contribution in [0, 0.1) is 5.82 Å². The average molecular weight is 603 g/mol. The van der Waals surface area contributed by atoms with E-state index in [-0.39, 0.29) is 5.69 Å². The van der Waals surface area contributed by atoms with Crippen LogP contribution >= 0.6 is 0 Å². The van der Waals surface area contributed by atoms with Crippen molar-refractivity contribution in [2.24, 2.45) is 0 Å². The van der Waals surface area contributed by atoms with Gasteiger partial charge in [0.25, 0.3) is 0 Å². The second-order valence-corrected chi connectivity index (χ2v) is 10.2. The molecule has 6 rings (SSSR count). The van der Waals surface area contributed by atoms with E-state index in [1.165, 1.54) is 26.0 Å². The number of rotatable bonds is 3. The molecule has 1 aromatic carbocycles. The first-order valence-corrected chi connectivity index (χ1v) is 12.3. The normalized spacial score (nSPS) is 13.5. The van der Waals surface area contributed by atoms with Crippen molar-refractivity contribution in [2.45, 2.75) is 13.0 Å². The van der Waals surface area contributed by atoms with Crippen molar-refractivity contribution in [3.05, 3.63) is 66.0 Å². The van der Waals surface area contributed by atoms with Gasteiger partial charge < -0.3 is 10.3 Å². The zero-order valence-corrected chi connectivity index (χ0v) is 21.0. The average Bonchev–Trinajstić information content (AvgIpc) is 3.36. The third-order valence-electron chi connectivity index (χ3n) is 5.63. The number of hydrogen-bond acceptors (Lipinski definition) is 5. The molecule has 0 spiro atoms. The van der Waals surface area contributed by atoms with Crippen LogP contribution in [0.25, 0.3) is 27.9 Å². The summed E-state index contributed by atoms with van der Waals surface area (Å²) < 4.78 is 17.7. The molecular weight excluding hydrogens is 586 g/mol. The van der Waals surface area contributed by atoms with Crippen LogP contribution in [-0.4, -0.2) is 56.6 Å². The number of nitrogens with one attached hydrogen (secondary N) is 3. The van der Waals surface area contributed by atoms with Crippen molar-refractivity contribution in [3.8, 4) is 11.4 Å². The van der Waals surface area contributed by atoms with E-state index in [2.05, 4.69) is 42.7 Å². The number of imidazole rings is 1. The van der Waals surface area contributed by atoms with Crippen molar-refractivity contribution in [3.63, 3.8) is 0 Å². The second kappa shape index (κ2) is 7.38. The summed E-state index contributed by atoms with van der Waals surface area (Å²) in [6, 6.07) is 10.2. The molecule has 0 saturated carbocycles. The van der Waals surface area contributed by atoms with E-state index in [4.69, 9.17) is 0 Å². The van der Waals surface area contributed by atoms with Crippen molar-refractivity contribution >= 4 is 57.1 Å². The van der Waals surface area contributed by atoms with Crippen molar-refractivity contribution in [2.75, 3.05) is 11.9 Å². The summed E-state index contributed by atoms with van der Waals surface area (Å²) in [7, 11) is 0. The first-order valence-electron chi connectivity index (χ1n) is 10.0. The third kappa shape index (κ3) is 3.30. The molecule has 0 unspecified atom stereocenters. The van der Waals surface area contributed by atoms with Crippen LogP contribution in [0.2, 0.25) is 0 Å². The monoisotopic (exact) mass is 603 g/mol. The number of anilines is 2. The molecule has 5 heterocycles.